The second-order valence-corrected chi connectivity index (χ2v) is 5.90. The zero-order valence-electron chi connectivity index (χ0n) is 12.9. The molecule has 0 amide bonds. The van der Waals surface area contributed by atoms with Crippen molar-refractivity contribution in [2.24, 2.45) is 7.05 Å². The fourth-order valence-corrected chi connectivity index (χ4v) is 2.79. The first-order valence-electron chi connectivity index (χ1n) is 7.46. The van der Waals surface area contributed by atoms with Gasteiger partial charge in [-0.2, -0.15) is 5.10 Å². The Morgan fingerprint density at radius 1 is 1.04 bits per heavy atom. The van der Waals surface area contributed by atoms with Gasteiger partial charge in [0, 0.05) is 35.7 Å². The lowest BCUT2D eigenvalue weighted by atomic mass is 10.1. The highest BCUT2D eigenvalue weighted by Gasteiger charge is 2.07. The summed E-state index contributed by atoms with van der Waals surface area (Å²) >= 11 is 6.07. The molecular formula is C18H14ClN5. The summed E-state index contributed by atoms with van der Waals surface area (Å²) in [4.78, 5) is 8.76. The van der Waals surface area contributed by atoms with Crippen LogP contribution in [0.25, 0.3) is 22.3 Å². The lowest BCUT2D eigenvalue weighted by molar-refractivity contribution is 0.780. The van der Waals surface area contributed by atoms with E-state index in [1.165, 1.54) is 0 Å². The van der Waals surface area contributed by atoms with Crippen molar-refractivity contribution >= 4 is 34.0 Å². The van der Waals surface area contributed by atoms with Crippen LogP contribution >= 0.6 is 11.6 Å². The summed E-state index contributed by atoms with van der Waals surface area (Å²) in [6, 6.07) is 13.5. The Kier molecular flexibility index (Phi) is 3.63. The van der Waals surface area contributed by atoms with Gasteiger partial charge in [0.25, 0.3) is 0 Å². The minimum atomic E-state index is 0.692. The number of rotatable bonds is 3. The molecule has 0 fully saturated rings. The highest BCUT2D eigenvalue weighted by molar-refractivity contribution is 6.30. The minimum absolute atomic E-state index is 0.692. The topological polar surface area (TPSA) is 55.6 Å². The van der Waals surface area contributed by atoms with E-state index in [1.807, 2.05) is 55.7 Å². The van der Waals surface area contributed by atoms with Crippen LogP contribution in [0.5, 0.6) is 0 Å². The van der Waals surface area contributed by atoms with E-state index < -0.39 is 0 Å². The number of halogens is 1. The van der Waals surface area contributed by atoms with Crippen LogP contribution in [-0.4, -0.2) is 19.7 Å². The standard InChI is InChI=1S/C18H14ClN5/c1-24-11-17-18(23-24)15(6-8-21-17)22-14-5-7-20-16(10-14)12-3-2-4-13(19)9-12/h2-11H,1H3,(H,20,22). The molecule has 0 aliphatic carbocycles. The van der Waals surface area contributed by atoms with Gasteiger partial charge < -0.3 is 5.32 Å². The summed E-state index contributed by atoms with van der Waals surface area (Å²) in [6.07, 6.45) is 5.44. The van der Waals surface area contributed by atoms with E-state index in [0.717, 1.165) is 33.7 Å². The molecule has 4 rings (SSSR count). The molecule has 0 aliphatic heterocycles. The highest BCUT2D eigenvalue weighted by Crippen LogP contribution is 2.27. The van der Waals surface area contributed by atoms with E-state index in [0.29, 0.717) is 5.02 Å². The van der Waals surface area contributed by atoms with E-state index >= 15 is 0 Å². The van der Waals surface area contributed by atoms with Crippen LogP contribution in [0, 0.1) is 0 Å². The Morgan fingerprint density at radius 3 is 2.79 bits per heavy atom. The third kappa shape index (κ3) is 2.81. The monoisotopic (exact) mass is 335 g/mol. The number of aryl methyl sites for hydroxylation is 1. The molecule has 0 bridgehead atoms. The molecule has 1 aromatic carbocycles. The molecular weight excluding hydrogens is 322 g/mol. The van der Waals surface area contributed by atoms with Gasteiger partial charge in [0.2, 0.25) is 0 Å². The van der Waals surface area contributed by atoms with Crippen LogP contribution in [-0.2, 0) is 7.05 Å². The first kappa shape index (κ1) is 14.7. The molecule has 0 saturated heterocycles. The Morgan fingerprint density at radius 2 is 1.92 bits per heavy atom. The average Bonchev–Trinajstić information content (AvgIpc) is 2.97. The van der Waals surface area contributed by atoms with Crippen molar-refractivity contribution in [3.63, 3.8) is 0 Å². The van der Waals surface area contributed by atoms with Crippen molar-refractivity contribution in [2.45, 2.75) is 0 Å². The number of hydrogen-bond acceptors (Lipinski definition) is 4. The van der Waals surface area contributed by atoms with Crippen LogP contribution in [0.4, 0.5) is 11.4 Å². The minimum Gasteiger partial charge on any atom is -0.353 e. The third-order valence-corrected chi connectivity index (χ3v) is 3.91. The summed E-state index contributed by atoms with van der Waals surface area (Å²) in [6.45, 7) is 0. The highest BCUT2D eigenvalue weighted by atomic mass is 35.5. The van der Waals surface area contributed by atoms with Gasteiger partial charge in [-0.3, -0.25) is 14.6 Å². The number of fused-ring (bicyclic) bond motifs is 1. The Labute approximate surface area is 143 Å². The van der Waals surface area contributed by atoms with Gasteiger partial charge in [-0.1, -0.05) is 23.7 Å². The van der Waals surface area contributed by atoms with Gasteiger partial charge >= 0.3 is 0 Å². The fraction of sp³-hybridized carbons (Fsp3) is 0.0556. The van der Waals surface area contributed by atoms with Crippen molar-refractivity contribution in [3.8, 4) is 11.3 Å². The van der Waals surface area contributed by atoms with Gasteiger partial charge in [-0.15, -0.1) is 0 Å². The van der Waals surface area contributed by atoms with Crippen molar-refractivity contribution in [1.82, 2.24) is 19.7 Å². The van der Waals surface area contributed by atoms with E-state index in [1.54, 1.807) is 17.1 Å². The van der Waals surface area contributed by atoms with Crippen LogP contribution in [0.3, 0.4) is 0 Å². The maximum absolute atomic E-state index is 6.07. The van der Waals surface area contributed by atoms with Crippen LogP contribution in [0.2, 0.25) is 5.02 Å². The number of aromatic nitrogens is 4. The molecule has 0 atom stereocenters. The molecule has 24 heavy (non-hydrogen) atoms. The summed E-state index contributed by atoms with van der Waals surface area (Å²) < 4.78 is 1.76. The lowest BCUT2D eigenvalue weighted by Gasteiger charge is -2.08. The summed E-state index contributed by atoms with van der Waals surface area (Å²) in [5, 5.41) is 8.55. The van der Waals surface area contributed by atoms with Crippen molar-refractivity contribution < 1.29 is 0 Å². The van der Waals surface area contributed by atoms with E-state index in [4.69, 9.17) is 11.6 Å². The van der Waals surface area contributed by atoms with Crippen LogP contribution < -0.4 is 5.32 Å². The summed E-state index contributed by atoms with van der Waals surface area (Å²) in [5.74, 6) is 0. The number of pyridine rings is 2. The largest absolute Gasteiger partial charge is 0.353 e. The number of nitrogens with one attached hydrogen (secondary N) is 1. The first-order chi connectivity index (χ1) is 11.7. The molecule has 118 valence electrons. The molecule has 3 aromatic heterocycles. The zero-order valence-corrected chi connectivity index (χ0v) is 13.7. The summed E-state index contributed by atoms with van der Waals surface area (Å²) in [5.41, 5.74) is 5.35. The molecule has 0 radical (unpaired) electrons. The Balaban J connectivity index is 1.71. The maximum Gasteiger partial charge on any atom is 0.134 e. The van der Waals surface area contributed by atoms with Crippen molar-refractivity contribution in [3.05, 3.63) is 66.1 Å². The Bertz CT molecular complexity index is 1020. The SMILES string of the molecule is Cn1cc2nccc(Nc3ccnc(-c4cccc(Cl)c4)c3)c2n1. The molecule has 4 aromatic rings. The number of benzene rings is 1. The van der Waals surface area contributed by atoms with Gasteiger partial charge in [-0.25, -0.2) is 0 Å². The van der Waals surface area contributed by atoms with Crippen molar-refractivity contribution in [2.75, 3.05) is 5.32 Å². The predicted octanol–water partition coefficient (Wildman–Crippen LogP) is 4.43. The number of anilines is 2. The zero-order chi connectivity index (χ0) is 16.5. The molecule has 6 heteroatoms. The molecule has 0 saturated carbocycles. The van der Waals surface area contributed by atoms with Crippen LogP contribution in [0.1, 0.15) is 0 Å². The Hall–Kier alpha value is -2.92. The molecule has 3 heterocycles. The second-order valence-electron chi connectivity index (χ2n) is 5.46. The third-order valence-electron chi connectivity index (χ3n) is 3.68. The number of hydrogen-bond donors (Lipinski definition) is 1. The maximum atomic E-state index is 6.07. The average molecular weight is 336 g/mol. The quantitative estimate of drug-likeness (QED) is 0.602. The van der Waals surface area contributed by atoms with E-state index in [-0.39, 0.29) is 0 Å². The van der Waals surface area contributed by atoms with Crippen molar-refractivity contribution in [1.29, 1.82) is 0 Å². The van der Waals surface area contributed by atoms with Crippen LogP contribution in [0.15, 0.2) is 61.1 Å². The molecule has 5 nitrogen and oxygen atoms in total. The lowest BCUT2D eigenvalue weighted by Crippen LogP contribution is -1.94. The van der Waals surface area contributed by atoms with E-state index in [2.05, 4.69) is 20.4 Å². The van der Waals surface area contributed by atoms with Gasteiger partial charge in [0.1, 0.15) is 11.0 Å². The van der Waals surface area contributed by atoms with E-state index in [9.17, 15) is 0 Å². The molecule has 0 unspecified atom stereocenters. The molecule has 0 aliphatic rings. The normalized spacial score (nSPS) is 10.9. The molecule has 1 N–H and O–H groups in total. The molecule has 0 spiro atoms. The smallest absolute Gasteiger partial charge is 0.134 e. The van der Waals surface area contributed by atoms with Gasteiger partial charge in [-0.05, 0) is 30.3 Å². The van der Waals surface area contributed by atoms with Gasteiger partial charge in [0.15, 0.2) is 0 Å². The second kappa shape index (κ2) is 5.94. The first-order valence-corrected chi connectivity index (χ1v) is 7.84. The fourth-order valence-electron chi connectivity index (χ4n) is 2.60. The number of nitrogens with zero attached hydrogens (tertiary/aromatic N) is 4. The predicted molar refractivity (Wildman–Crippen MR) is 96.5 cm³/mol. The summed E-state index contributed by atoms with van der Waals surface area (Å²) in [7, 11) is 1.88. The van der Waals surface area contributed by atoms with Gasteiger partial charge in [0.05, 0.1) is 17.6 Å².